The molecule has 2 rings (SSSR count). The van der Waals surface area contributed by atoms with E-state index in [0.717, 1.165) is 24.0 Å². The zero-order chi connectivity index (χ0) is 18.3. The zero-order valence-corrected chi connectivity index (χ0v) is 14.9. The van der Waals surface area contributed by atoms with Crippen LogP contribution in [-0.2, 0) is 16.0 Å². The predicted octanol–water partition coefficient (Wildman–Crippen LogP) is 4.46. The largest absolute Gasteiger partial charge is 0.457 e. The molecule has 0 amide bonds. The van der Waals surface area contributed by atoms with Gasteiger partial charge in [-0.2, -0.15) is 5.26 Å². The molecule has 0 aromatic heterocycles. The van der Waals surface area contributed by atoms with Gasteiger partial charge in [0.2, 0.25) is 6.79 Å². The number of hydrogen-bond acceptors (Lipinski definition) is 4. The van der Waals surface area contributed by atoms with E-state index in [2.05, 4.69) is 6.07 Å². The van der Waals surface area contributed by atoms with Crippen molar-refractivity contribution in [3.8, 4) is 11.8 Å². The lowest BCUT2D eigenvalue weighted by Crippen LogP contribution is -2.27. The molecule has 25 heavy (non-hydrogen) atoms. The molecule has 130 valence electrons. The number of nitriles is 1. The van der Waals surface area contributed by atoms with E-state index < -0.39 is 5.41 Å². The van der Waals surface area contributed by atoms with E-state index in [1.165, 1.54) is 0 Å². The van der Waals surface area contributed by atoms with Gasteiger partial charge < -0.3 is 9.47 Å². The number of carbonyl (C=O) groups is 1. The van der Waals surface area contributed by atoms with Crippen LogP contribution in [0.15, 0.2) is 48.5 Å². The van der Waals surface area contributed by atoms with Crippen LogP contribution in [0.4, 0.5) is 0 Å². The Bertz CT molecular complexity index is 740. The standard InChI is InChI=1S/C21H23NO3/c1-4-21(2,3)20(23)25-15-24-19-11-9-17(10-12-19)13-16-5-7-18(14-22)8-6-16/h5-12H,4,13,15H2,1-3H3. The summed E-state index contributed by atoms with van der Waals surface area (Å²) in [5.41, 5.74) is 2.45. The average molecular weight is 337 g/mol. The van der Waals surface area contributed by atoms with Gasteiger partial charge in [-0.25, -0.2) is 0 Å². The Kier molecular flexibility index (Phi) is 6.19. The molecule has 0 unspecified atom stereocenters. The molecule has 0 aliphatic rings. The van der Waals surface area contributed by atoms with Crippen molar-refractivity contribution >= 4 is 5.97 Å². The molecule has 2 aromatic carbocycles. The molecule has 4 heteroatoms. The highest BCUT2D eigenvalue weighted by Gasteiger charge is 2.27. The molecule has 4 nitrogen and oxygen atoms in total. The normalized spacial score (nSPS) is 10.8. The van der Waals surface area contributed by atoms with Gasteiger partial charge in [0, 0.05) is 0 Å². The van der Waals surface area contributed by atoms with Gasteiger partial charge in [0.15, 0.2) is 0 Å². The van der Waals surface area contributed by atoms with E-state index in [1.807, 2.05) is 69.3 Å². The fourth-order valence-electron chi connectivity index (χ4n) is 2.13. The number of nitrogens with zero attached hydrogens (tertiary/aromatic N) is 1. The van der Waals surface area contributed by atoms with Crippen molar-refractivity contribution in [2.75, 3.05) is 6.79 Å². The first kappa shape index (κ1) is 18.5. The van der Waals surface area contributed by atoms with Crippen LogP contribution in [0, 0.1) is 16.7 Å². The molecule has 0 N–H and O–H groups in total. The molecule has 0 aliphatic heterocycles. The van der Waals surface area contributed by atoms with Crippen LogP contribution in [0.5, 0.6) is 5.75 Å². The number of benzene rings is 2. The number of ether oxygens (including phenoxy) is 2. The third-order valence-electron chi connectivity index (χ3n) is 4.27. The molecular formula is C21H23NO3. The number of hydrogen-bond donors (Lipinski definition) is 0. The maximum absolute atomic E-state index is 11.9. The third kappa shape index (κ3) is 5.36. The summed E-state index contributed by atoms with van der Waals surface area (Å²) in [5.74, 6) is 0.401. The summed E-state index contributed by atoms with van der Waals surface area (Å²) >= 11 is 0. The fourth-order valence-corrected chi connectivity index (χ4v) is 2.13. The van der Waals surface area contributed by atoms with E-state index in [9.17, 15) is 4.79 Å². The smallest absolute Gasteiger partial charge is 0.314 e. The van der Waals surface area contributed by atoms with Crippen LogP contribution >= 0.6 is 0 Å². The second-order valence-corrected chi connectivity index (χ2v) is 6.56. The molecule has 0 spiro atoms. The maximum Gasteiger partial charge on any atom is 0.314 e. The lowest BCUT2D eigenvalue weighted by molar-refractivity contribution is -0.160. The van der Waals surface area contributed by atoms with Gasteiger partial charge in [-0.15, -0.1) is 0 Å². The fraction of sp³-hybridized carbons (Fsp3) is 0.333. The van der Waals surface area contributed by atoms with Gasteiger partial charge >= 0.3 is 5.97 Å². The van der Waals surface area contributed by atoms with Crippen LogP contribution in [0.25, 0.3) is 0 Å². The molecule has 0 heterocycles. The molecular weight excluding hydrogens is 314 g/mol. The summed E-state index contributed by atoms with van der Waals surface area (Å²) in [6.45, 7) is 5.58. The first-order valence-corrected chi connectivity index (χ1v) is 8.32. The van der Waals surface area contributed by atoms with E-state index >= 15 is 0 Å². The van der Waals surface area contributed by atoms with E-state index in [0.29, 0.717) is 11.3 Å². The average Bonchev–Trinajstić information content (AvgIpc) is 2.63. The molecule has 0 bridgehead atoms. The Balaban J connectivity index is 1.85. The van der Waals surface area contributed by atoms with Crippen molar-refractivity contribution in [1.82, 2.24) is 0 Å². The van der Waals surface area contributed by atoms with Gasteiger partial charge in [0.05, 0.1) is 17.0 Å². The maximum atomic E-state index is 11.9. The van der Waals surface area contributed by atoms with Crippen molar-refractivity contribution < 1.29 is 14.3 Å². The first-order chi connectivity index (χ1) is 11.9. The lowest BCUT2D eigenvalue weighted by Gasteiger charge is -2.20. The number of esters is 1. The summed E-state index contributed by atoms with van der Waals surface area (Å²) in [4.78, 5) is 11.9. The summed E-state index contributed by atoms with van der Waals surface area (Å²) in [5, 5.41) is 8.82. The summed E-state index contributed by atoms with van der Waals surface area (Å²) in [7, 11) is 0. The lowest BCUT2D eigenvalue weighted by atomic mass is 9.91. The van der Waals surface area contributed by atoms with Gasteiger partial charge in [-0.05, 0) is 62.1 Å². The Morgan fingerprint density at radius 3 is 2.12 bits per heavy atom. The van der Waals surface area contributed by atoms with Gasteiger partial charge in [0.1, 0.15) is 5.75 Å². The van der Waals surface area contributed by atoms with E-state index in [4.69, 9.17) is 14.7 Å². The van der Waals surface area contributed by atoms with Crippen molar-refractivity contribution in [2.24, 2.45) is 5.41 Å². The highest BCUT2D eigenvalue weighted by atomic mass is 16.7. The Hall–Kier alpha value is -2.80. The minimum absolute atomic E-state index is 0.0861. The molecule has 0 aliphatic carbocycles. The Labute approximate surface area is 149 Å². The molecule has 0 fully saturated rings. The minimum atomic E-state index is -0.492. The molecule has 0 saturated heterocycles. The van der Waals surface area contributed by atoms with Gasteiger partial charge in [-0.3, -0.25) is 4.79 Å². The predicted molar refractivity (Wildman–Crippen MR) is 96.1 cm³/mol. The number of carbonyl (C=O) groups excluding carboxylic acids is 1. The van der Waals surface area contributed by atoms with Crippen molar-refractivity contribution in [1.29, 1.82) is 5.26 Å². The summed E-state index contributed by atoms with van der Waals surface area (Å²) in [6.07, 6.45) is 1.50. The SMILES string of the molecule is CCC(C)(C)C(=O)OCOc1ccc(Cc2ccc(C#N)cc2)cc1. The Morgan fingerprint density at radius 1 is 1.04 bits per heavy atom. The van der Waals surface area contributed by atoms with Crippen molar-refractivity contribution in [3.05, 3.63) is 65.2 Å². The van der Waals surface area contributed by atoms with Crippen molar-refractivity contribution in [3.63, 3.8) is 0 Å². The van der Waals surface area contributed by atoms with Crippen LogP contribution in [0.2, 0.25) is 0 Å². The Morgan fingerprint density at radius 2 is 1.60 bits per heavy atom. The van der Waals surface area contributed by atoms with Crippen LogP contribution in [0.1, 0.15) is 43.9 Å². The second kappa shape index (κ2) is 8.34. The van der Waals surface area contributed by atoms with Crippen LogP contribution in [0.3, 0.4) is 0 Å². The van der Waals surface area contributed by atoms with Gasteiger partial charge in [0.25, 0.3) is 0 Å². The quantitative estimate of drug-likeness (QED) is 0.553. The monoisotopic (exact) mass is 337 g/mol. The van der Waals surface area contributed by atoms with Crippen LogP contribution in [-0.4, -0.2) is 12.8 Å². The van der Waals surface area contributed by atoms with E-state index in [-0.39, 0.29) is 12.8 Å². The first-order valence-electron chi connectivity index (χ1n) is 8.32. The second-order valence-electron chi connectivity index (χ2n) is 6.56. The zero-order valence-electron chi connectivity index (χ0n) is 14.9. The molecule has 0 atom stereocenters. The summed E-state index contributed by atoms with van der Waals surface area (Å²) < 4.78 is 10.6. The molecule has 0 radical (unpaired) electrons. The number of rotatable bonds is 7. The van der Waals surface area contributed by atoms with Crippen molar-refractivity contribution in [2.45, 2.75) is 33.6 Å². The minimum Gasteiger partial charge on any atom is -0.457 e. The highest BCUT2D eigenvalue weighted by molar-refractivity contribution is 5.75. The highest BCUT2D eigenvalue weighted by Crippen LogP contribution is 2.22. The molecule has 0 saturated carbocycles. The van der Waals surface area contributed by atoms with Gasteiger partial charge in [-0.1, -0.05) is 31.2 Å². The van der Waals surface area contributed by atoms with E-state index in [1.54, 1.807) is 0 Å². The summed E-state index contributed by atoms with van der Waals surface area (Å²) in [6, 6.07) is 17.3. The van der Waals surface area contributed by atoms with Crippen LogP contribution < -0.4 is 4.74 Å². The molecule has 2 aromatic rings. The topological polar surface area (TPSA) is 59.3 Å². The third-order valence-corrected chi connectivity index (χ3v) is 4.27.